The first kappa shape index (κ1) is 12.4. The summed E-state index contributed by atoms with van der Waals surface area (Å²) in [6.07, 6.45) is 3.15. The maximum absolute atomic E-state index is 12.7. The Balaban J connectivity index is 2.02. The number of hydrogen-bond donors (Lipinski definition) is 1. The third kappa shape index (κ3) is 1.70. The van der Waals surface area contributed by atoms with E-state index in [1.54, 1.807) is 11.2 Å². The second kappa shape index (κ2) is 4.21. The van der Waals surface area contributed by atoms with Crippen molar-refractivity contribution in [2.24, 2.45) is 5.92 Å². The Morgan fingerprint density at radius 2 is 2.28 bits per heavy atom. The van der Waals surface area contributed by atoms with Gasteiger partial charge in [-0.05, 0) is 32.1 Å². The summed E-state index contributed by atoms with van der Waals surface area (Å²) in [5.41, 5.74) is 1.00. The molecule has 1 saturated heterocycles. The molecule has 1 aromatic heterocycles. The highest BCUT2D eigenvalue weighted by Crippen LogP contribution is 2.41. The summed E-state index contributed by atoms with van der Waals surface area (Å²) in [5, 5.41) is 6.69. The van der Waals surface area contributed by atoms with Gasteiger partial charge in [0.05, 0.1) is 17.3 Å². The number of aromatic nitrogens is 2. The lowest BCUT2D eigenvalue weighted by Crippen LogP contribution is -2.38. The van der Waals surface area contributed by atoms with Crippen molar-refractivity contribution in [1.29, 1.82) is 0 Å². The Kier molecular flexibility index (Phi) is 2.91. The molecule has 2 unspecified atom stereocenters. The minimum atomic E-state index is -3.44. The fraction of sp³-hybridized carbons (Fsp3) is 0.727. The molecule has 18 heavy (non-hydrogen) atoms. The van der Waals surface area contributed by atoms with Gasteiger partial charge in [0.1, 0.15) is 4.90 Å². The van der Waals surface area contributed by atoms with Crippen LogP contribution in [0.25, 0.3) is 0 Å². The van der Waals surface area contributed by atoms with Crippen molar-refractivity contribution in [2.45, 2.75) is 43.0 Å². The molecule has 0 aromatic carbocycles. The van der Waals surface area contributed by atoms with E-state index in [1.165, 1.54) is 0 Å². The third-order valence-corrected chi connectivity index (χ3v) is 6.39. The highest BCUT2D eigenvalue weighted by Gasteiger charge is 2.45. The average molecular weight is 290 g/mol. The molecule has 2 bridgehead atoms. The van der Waals surface area contributed by atoms with E-state index in [9.17, 15) is 8.42 Å². The smallest absolute Gasteiger partial charge is 0.247 e. The van der Waals surface area contributed by atoms with E-state index in [4.69, 9.17) is 11.6 Å². The van der Waals surface area contributed by atoms with Gasteiger partial charge in [0.15, 0.2) is 0 Å². The van der Waals surface area contributed by atoms with Crippen LogP contribution in [0.4, 0.5) is 0 Å². The lowest BCUT2D eigenvalue weighted by Gasteiger charge is -2.26. The number of nitrogens with zero attached hydrogens (tertiary/aromatic N) is 2. The van der Waals surface area contributed by atoms with Gasteiger partial charge in [-0.1, -0.05) is 0 Å². The molecule has 0 amide bonds. The zero-order valence-corrected chi connectivity index (χ0v) is 11.8. The molecule has 1 saturated carbocycles. The molecule has 2 fully saturated rings. The van der Waals surface area contributed by atoms with Gasteiger partial charge < -0.3 is 0 Å². The minimum absolute atomic E-state index is 0.112. The number of nitrogens with one attached hydrogen (secondary N) is 1. The van der Waals surface area contributed by atoms with Gasteiger partial charge in [0.2, 0.25) is 10.0 Å². The predicted molar refractivity (Wildman–Crippen MR) is 67.9 cm³/mol. The topological polar surface area (TPSA) is 66.1 Å². The Morgan fingerprint density at radius 1 is 1.50 bits per heavy atom. The van der Waals surface area contributed by atoms with Gasteiger partial charge in [0, 0.05) is 12.6 Å². The lowest BCUT2D eigenvalue weighted by molar-refractivity contribution is 0.333. The number of aryl methyl sites for hydroxylation is 1. The molecule has 1 aliphatic heterocycles. The van der Waals surface area contributed by atoms with Crippen LogP contribution >= 0.6 is 11.6 Å². The number of piperidine rings is 1. The van der Waals surface area contributed by atoms with Crippen LogP contribution in [0.15, 0.2) is 4.90 Å². The van der Waals surface area contributed by atoms with Crippen molar-refractivity contribution >= 4 is 21.6 Å². The number of fused-ring (bicyclic) bond motifs is 2. The van der Waals surface area contributed by atoms with E-state index in [2.05, 4.69) is 10.2 Å². The van der Waals surface area contributed by atoms with Gasteiger partial charge in [-0.25, -0.2) is 8.42 Å². The fourth-order valence-electron chi connectivity index (χ4n) is 3.19. The molecular formula is C11H16ClN3O2S. The normalized spacial score (nSPS) is 28.1. The van der Waals surface area contributed by atoms with Crippen LogP contribution in [-0.4, -0.2) is 35.5 Å². The lowest BCUT2D eigenvalue weighted by atomic mass is 10.1. The van der Waals surface area contributed by atoms with Crippen molar-refractivity contribution in [1.82, 2.24) is 14.5 Å². The second-order valence-corrected chi connectivity index (χ2v) is 7.26. The van der Waals surface area contributed by atoms with E-state index in [-0.39, 0.29) is 16.8 Å². The maximum atomic E-state index is 12.7. The molecule has 5 nitrogen and oxygen atoms in total. The first-order valence-corrected chi connectivity index (χ1v) is 8.13. The van der Waals surface area contributed by atoms with Gasteiger partial charge in [-0.15, -0.1) is 11.6 Å². The Morgan fingerprint density at radius 3 is 2.83 bits per heavy atom. The van der Waals surface area contributed by atoms with Gasteiger partial charge in [0.25, 0.3) is 0 Å². The quantitative estimate of drug-likeness (QED) is 0.860. The summed E-state index contributed by atoms with van der Waals surface area (Å²) in [5.74, 6) is 0.650. The van der Waals surface area contributed by atoms with Crippen molar-refractivity contribution in [3.05, 3.63) is 11.4 Å². The largest absolute Gasteiger partial charge is 0.281 e. The number of sulfonamides is 1. The molecule has 2 atom stereocenters. The van der Waals surface area contributed by atoms with Gasteiger partial charge >= 0.3 is 0 Å². The van der Waals surface area contributed by atoms with Crippen LogP contribution < -0.4 is 0 Å². The summed E-state index contributed by atoms with van der Waals surface area (Å²) in [6, 6.07) is 0.178. The molecule has 2 aliphatic rings. The second-order valence-electron chi connectivity index (χ2n) is 5.17. The summed E-state index contributed by atoms with van der Waals surface area (Å²) in [7, 11) is -3.44. The first-order chi connectivity index (χ1) is 8.54. The van der Waals surface area contributed by atoms with Crippen LogP contribution in [0.1, 0.15) is 30.7 Å². The maximum Gasteiger partial charge on any atom is 0.247 e. The van der Waals surface area contributed by atoms with Crippen LogP contribution in [0, 0.1) is 12.8 Å². The number of hydrogen-bond acceptors (Lipinski definition) is 3. The molecule has 1 aromatic rings. The average Bonchev–Trinajstić information content (AvgIpc) is 3.02. The Bertz CT molecular complexity index is 569. The standard InChI is InChI=1S/C11H16ClN3O2S/c1-7-11(10(5-12)14-13-7)18(16,17)15-6-8-2-3-9(15)4-8/h8-9H,2-6H2,1H3,(H,13,14). The number of aromatic amines is 1. The number of alkyl halides is 1. The highest BCUT2D eigenvalue weighted by molar-refractivity contribution is 7.89. The van der Waals surface area contributed by atoms with Crippen molar-refractivity contribution in [3.8, 4) is 0 Å². The first-order valence-electron chi connectivity index (χ1n) is 6.15. The van der Waals surface area contributed by atoms with E-state index in [0.29, 0.717) is 23.9 Å². The van der Waals surface area contributed by atoms with Crippen LogP contribution in [-0.2, 0) is 15.9 Å². The molecule has 1 aliphatic carbocycles. The molecule has 0 radical (unpaired) electrons. The zero-order valence-electron chi connectivity index (χ0n) is 10.2. The van der Waals surface area contributed by atoms with Crippen LogP contribution in [0.2, 0.25) is 0 Å². The molecule has 1 N–H and O–H groups in total. The van der Waals surface area contributed by atoms with Crippen LogP contribution in [0.5, 0.6) is 0 Å². The van der Waals surface area contributed by atoms with E-state index >= 15 is 0 Å². The summed E-state index contributed by atoms with van der Waals surface area (Å²) in [6.45, 7) is 2.38. The van der Waals surface area contributed by atoms with Crippen LogP contribution in [0.3, 0.4) is 0 Å². The summed E-state index contributed by atoms with van der Waals surface area (Å²) < 4.78 is 27.0. The summed E-state index contributed by atoms with van der Waals surface area (Å²) in [4.78, 5) is 0.282. The minimum Gasteiger partial charge on any atom is -0.281 e. The number of halogens is 1. The molecule has 2 heterocycles. The van der Waals surface area contributed by atoms with E-state index < -0.39 is 10.0 Å². The Labute approximate surface area is 112 Å². The number of H-pyrrole nitrogens is 1. The van der Waals surface area contributed by atoms with Gasteiger partial charge in [-0.3, -0.25) is 5.10 Å². The van der Waals surface area contributed by atoms with Crippen molar-refractivity contribution in [3.63, 3.8) is 0 Å². The monoisotopic (exact) mass is 289 g/mol. The Hall–Kier alpha value is -0.590. The van der Waals surface area contributed by atoms with Gasteiger partial charge in [-0.2, -0.15) is 9.40 Å². The highest BCUT2D eigenvalue weighted by atomic mass is 35.5. The van der Waals surface area contributed by atoms with E-state index in [0.717, 1.165) is 19.3 Å². The molecule has 100 valence electrons. The SMILES string of the molecule is Cc1[nH]nc(CCl)c1S(=O)(=O)N1CC2CCC1C2. The molecular weight excluding hydrogens is 274 g/mol. The van der Waals surface area contributed by atoms with E-state index in [1.807, 2.05) is 0 Å². The molecule has 0 spiro atoms. The number of rotatable bonds is 3. The summed E-state index contributed by atoms with van der Waals surface area (Å²) >= 11 is 5.77. The predicted octanol–water partition coefficient (Wildman–Crippen LogP) is 1.63. The van der Waals surface area contributed by atoms with Crippen molar-refractivity contribution in [2.75, 3.05) is 6.54 Å². The molecule has 7 heteroatoms. The van der Waals surface area contributed by atoms with Crippen molar-refractivity contribution < 1.29 is 8.42 Å². The molecule has 3 rings (SSSR count). The zero-order chi connectivity index (χ0) is 12.9. The third-order valence-electron chi connectivity index (χ3n) is 4.01. The fourth-order valence-corrected chi connectivity index (χ4v) is 5.54.